The number of pyridine rings is 1. The molecule has 0 amide bonds. The molecule has 2 N–H and O–H groups in total. The van der Waals surface area contributed by atoms with Crippen LogP contribution in [0.15, 0.2) is 0 Å². The Morgan fingerprint density at radius 3 is 2.69 bits per heavy atom. The number of hydrogen-bond donors (Lipinski definition) is 2. The second kappa shape index (κ2) is 5.51. The summed E-state index contributed by atoms with van der Waals surface area (Å²) in [5.41, 5.74) is -0.986. The fourth-order valence-corrected chi connectivity index (χ4v) is 4.07. The van der Waals surface area contributed by atoms with Gasteiger partial charge in [0.05, 0.1) is 22.3 Å². The van der Waals surface area contributed by atoms with Crippen molar-refractivity contribution < 1.29 is 18.3 Å². The molecule has 26 heavy (non-hydrogen) atoms. The van der Waals surface area contributed by atoms with Gasteiger partial charge in [0.2, 0.25) is 0 Å². The third-order valence-electron chi connectivity index (χ3n) is 5.49. The number of hydrogen-bond acceptors (Lipinski definition) is 4. The van der Waals surface area contributed by atoms with E-state index >= 15 is 0 Å². The Morgan fingerprint density at radius 2 is 2.12 bits per heavy atom. The van der Waals surface area contributed by atoms with Gasteiger partial charge in [0.15, 0.2) is 5.69 Å². The average Bonchev–Trinajstić information content (AvgIpc) is 3.29. The zero-order valence-electron chi connectivity index (χ0n) is 13.9. The standard InChI is InChI=1S/C17H16ClF3N4O/c1-8-11(18)12-13(23-8)14(9(6-22)15(24-12)17(19,20)21)25-5-2-10(26)16(7-25)3-4-16/h10,23,26H,2-5,7H2,1H3/t10-/m1/s1. The molecule has 1 saturated carbocycles. The van der Waals surface area contributed by atoms with Crippen molar-refractivity contribution in [2.45, 2.75) is 38.5 Å². The van der Waals surface area contributed by atoms with Crippen molar-refractivity contribution >= 4 is 28.3 Å². The maximum Gasteiger partial charge on any atom is 0.434 e. The minimum atomic E-state index is -4.77. The predicted octanol–water partition coefficient (Wildman–Crippen LogP) is 3.77. The molecule has 0 radical (unpaired) electrons. The van der Waals surface area contributed by atoms with E-state index in [4.69, 9.17) is 11.6 Å². The summed E-state index contributed by atoms with van der Waals surface area (Å²) in [5.74, 6) is 0. The number of halogens is 4. The Morgan fingerprint density at radius 1 is 1.42 bits per heavy atom. The molecular formula is C17H16ClF3N4O. The quantitative estimate of drug-likeness (QED) is 0.784. The number of rotatable bonds is 1. The first-order valence-electron chi connectivity index (χ1n) is 8.30. The number of piperidine rings is 1. The van der Waals surface area contributed by atoms with E-state index in [9.17, 15) is 23.5 Å². The first kappa shape index (κ1) is 17.4. The number of aliphatic hydroxyl groups is 1. The van der Waals surface area contributed by atoms with Crippen molar-refractivity contribution in [3.05, 3.63) is 22.0 Å². The number of fused-ring (bicyclic) bond motifs is 1. The smallest absolute Gasteiger partial charge is 0.392 e. The highest BCUT2D eigenvalue weighted by Gasteiger charge is 2.52. The molecule has 0 bridgehead atoms. The van der Waals surface area contributed by atoms with E-state index in [0.29, 0.717) is 30.7 Å². The number of aromatic nitrogens is 2. The minimum Gasteiger partial charge on any atom is -0.392 e. The summed E-state index contributed by atoms with van der Waals surface area (Å²) in [6.07, 6.45) is -3.12. The van der Waals surface area contributed by atoms with Gasteiger partial charge in [-0.25, -0.2) is 4.98 Å². The molecule has 2 aliphatic rings. The molecule has 1 aliphatic carbocycles. The molecule has 1 aliphatic heterocycles. The van der Waals surface area contributed by atoms with Crippen molar-refractivity contribution in [1.82, 2.24) is 9.97 Å². The number of aryl methyl sites for hydroxylation is 1. The van der Waals surface area contributed by atoms with E-state index in [-0.39, 0.29) is 21.6 Å². The molecule has 138 valence electrons. The Labute approximate surface area is 152 Å². The second-order valence-electron chi connectivity index (χ2n) is 7.17. The molecule has 3 heterocycles. The third kappa shape index (κ3) is 2.45. The maximum absolute atomic E-state index is 13.6. The number of nitrogens with zero attached hydrogens (tertiary/aromatic N) is 3. The zero-order valence-corrected chi connectivity index (χ0v) is 14.7. The first-order valence-corrected chi connectivity index (χ1v) is 8.68. The van der Waals surface area contributed by atoms with Gasteiger partial charge in [0.25, 0.3) is 0 Å². The van der Waals surface area contributed by atoms with Crippen LogP contribution in [0.5, 0.6) is 0 Å². The first-order chi connectivity index (χ1) is 12.2. The van der Waals surface area contributed by atoms with Crippen molar-refractivity contribution in [3.8, 4) is 6.07 Å². The predicted molar refractivity (Wildman–Crippen MR) is 90.1 cm³/mol. The molecule has 5 nitrogen and oxygen atoms in total. The van der Waals surface area contributed by atoms with Crippen LogP contribution in [0.1, 0.15) is 36.2 Å². The molecule has 1 spiro atoms. The van der Waals surface area contributed by atoms with Crippen LogP contribution < -0.4 is 4.90 Å². The summed E-state index contributed by atoms with van der Waals surface area (Å²) in [6, 6.07) is 1.70. The van der Waals surface area contributed by atoms with Gasteiger partial charge in [0, 0.05) is 24.2 Å². The Bertz CT molecular complexity index is 942. The highest BCUT2D eigenvalue weighted by Crippen LogP contribution is 2.53. The lowest BCUT2D eigenvalue weighted by molar-refractivity contribution is -0.141. The number of aromatic amines is 1. The summed E-state index contributed by atoms with van der Waals surface area (Å²) >= 11 is 6.16. The van der Waals surface area contributed by atoms with Gasteiger partial charge in [-0.3, -0.25) is 0 Å². The van der Waals surface area contributed by atoms with E-state index in [0.717, 1.165) is 12.8 Å². The fourth-order valence-electron chi connectivity index (χ4n) is 3.89. The third-order valence-corrected chi connectivity index (χ3v) is 5.96. The molecule has 0 unspecified atom stereocenters. The van der Waals surface area contributed by atoms with Gasteiger partial charge in [-0.15, -0.1) is 0 Å². The van der Waals surface area contributed by atoms with Crippen LogP contribution >= 0.6 is 11.6 Å². The summed E-state index contributed by atoms with van der Waals surface area (Å²) in [6.45, 7) is 2.42. The van der Waals surface area contributed by atoms with Crippen LogP contribution in [0, 0.1) is 23.7 Å². The fraction of sp³-hybridized carbons (Fsp3) is 0.529. The molecule has 2 aromatic heterocycles. The highest BCUT2D eigenvalue weighted by atomic mass is 35.5. The van der Waals surface area contributed by atoms with Gasteiger partial charge in [0.1, 0.15) is 17.1 Å². The molecular weight excluding hydrogens is 369 g/mol. The lowest BCUT2D eigenvalue weighted by atomic mass is 9.90. The van der Waals surface area contributed by atoms with Crippen LogP contribution in [0.4, 0.5) is 18.9 Å². The van der Waals surface area contributed by atoms with E-state index in [1.165, 1.54) is 0 Å². The SMILES string of the molecule is Cc1[nH]c2c(N3CC[C@@H](O)C4(CC4)C3)c(C#N)c(C(F)(F)F)nc2c1Cl. The summed E-state index contributed by atoms with van der Waals surface area (Å²) < 4.78 is 40.7. The Hall–Kier alpha value is -1.98. The van der Waals surface area contributed by atoms with Gasteiger partial charge in [-0.2, -0.15) is 18.4 Å². The summed E-state index contributed by atoms with van der Waals surface area (Å²) in [7, 11) is 0. The Balaban J connectivity index is 1.98. The number of aliphatic hydroxyl groups excluding tert-OH is 1. The lowest BCUT2D eigenvalue weighted by Gasteiger charge is -2.38. The minimum absolute atomic E-state index is 0.0152. The Kier molecular flexibility index (Phi) is 3.69. The van der Waals surface area contributed by atoms with Crippen LogP contribution in [0.25, 0.3) is 11.0 Å². The molecule has 2 fully saturated rings. The normalized spacial score (nSPS) is 22.0. The van der Waals surface area contributed by atoms with E-state index < -0.39 is 23.5 Å². The molecule has 1 saturated heterocycles. The lowest BCUT2D eigenvalue weighted by Crippen LogP contribution is -2.45. The largest absolute Gasteiger partial charge is 0.434 e. The van der Waals surface area contributed by atoms with Crippen molar-refractivity contribution in [1.29, 1.82) is 5.26 Å². The molecule has 0 aromatic carbocycles. The van der Waals surface area contributed by atoms with Crippen molar-refractivity contribution in [3.63, 3.8) is 0 Å². The van der Waals surface area contributed by atoms with E-state index in [2.05, 4.69) is 9.97 Å². The molecule has 2 aromatic rings. The molecule has 4 rings (SSSR count). The zero-order chi connectivity index (χ0) is 18.9. The van der Waals surface area contributed by atoms with Gasteiger partial charge < -0.3 is 15.0 Å². The van der Waals surface area contributed by atoms with Gasteiger partial charge in [-0.05, 0) is 26.2 Å². The highest BCUT2D eigenvalue weighted by molar-refractivity contribution is 6.36. The van der Waals surface area contributed by atoms with Gasteiger partial charge in [-0.1, -0.05) is 11.6 Å². The molecule has 1 atom stereocenters. The second-order valence-corrected chi connectivity index (χ2v) is 7.55. The monoisotopic (exact) mass is 384 g/mol. The maximum atomic E-state index is 13.6. The van der Waals surface area contributed by atoms with Crippen LogP contribution in [-0.4, -0.2) is 34.3 Å². The van der Waals surface area contributed by atoms with Crippen molar-refractivity contribution in [2.24, 2.45) is 5.41 Å². The van der Waals surface area contributed by atoms with Crippen LogP contribution in [0.2, 0.25) is 5.02 Å². The van der Waals surface area contributed by atoms with Crippen LogP contribution in [0.3, 0.4) is 0 Å². The summed E-state index contributed by atoms with van der Waals surface area (Å²) in [4.78, 5) is 8.43. The number of alkyl halides is 3. The summed E-state index contributed by atoms with van der Waals surface area (Å²) in [5, 5.41) is 19.9. The number of anilines is 1. The van der Waals surface area contributed by atoms with Crippen molar-refractivity contribution in [2.75, 3.05) is 18.0 Å². The van der Waals surface area contributed by atoms with Crippen LogP contribution in [-0.2, 0) is 6.18 Å². The van der Waals surface area contributed by atoms with Gasteiger partial charge >= 0.3 is 6.18 Å². The number of nitriles is 1. The number of H-pyrrole nitrogens is 1. The molecule has 9 heteroatoms. The number of nitrogens with one attached hydrogen (secondary N) is 1. The average molecular weight is 385 g/mol. The van der Waals surface area contributed by atoms with E-state index in [1.807, 2.05) is 0 Å². The topological polar surface area (TPSA) is 75.9 Å². The van der Waals surface area contributed by atoms with E-state index in [1.54, 1.807) is 17.9 Å².